The smallest absolute Gasteiger partial charge is 0.254 e. The maximum absolute atomic E-state index is 13.0. The highest BCUT2D eigenvalue weighted by atomic mass is 16.2. The monoisotopic (exact) mass is 374 g/mol. The zero-order valence-corrected chi connectivity index (χ0v) is 15.7. The summed E-state index contributed by atoms with van der Waals surface area (Å²) in [6.45, 7) is 1.19. The van der Waals surface area contributed by atoms with Gasteiger partial charge in [-0.1, -0.05) is 42.5 Å². The Balaban J connectivity index is 1.41. The fourth-order valence-electron chi connectivity index (χ4n) is 3.82. The number of fused-ring (bicyclic) bond motifs is 1. The first-order valence-corrected chi connectivity index (χ1v) is 9.62. The maximum atomic E-state index is 13.0. The minimum atomic E-state index is -0.0787. The molecular formula is C23H24N3O2+. The number of carbonyl (C=O) groups excluding carboxylic acids is 2. The van der Waals surface area contributed by atoms with Crippen LogP contribution in [0.25, 0.3) is 10.8 Å². The number of rotatable bonds is 3. The van der Waals surface area contributed by atoms with Crippen molar-refractivity contribution in [3.8, 4) is 0 Å². The number of hydrogen-bond donors (Lipinski definition) is 2. The molecule has 1 aliphatic rings. The molecule has 3 aromatic carbocycles. The van der Waals surface area contributed by atoms with Crippen LogP contribution in [0.3, 0.4) is 0 Å². The molecule has 0 atom stereocenters. The van der Waals surface area contributed by atoms with Crippen molar-refractivity contribution < 1.29 is 15.3 Å². The van der Waals surface area contributed by atoms with Crippen LogP contribution in [-0.2, 0) is 4.79 Å². The molecule has 1 saturated heterocycles. The van der Waals surface area contributed by atoms with Crippen LogP contribution in [0.2, 0.25) is 0 Å². The van der Waals surface area contributed by atoms with E-state index in [9.17, 15) is 9.59 Å². The Morgan fingerprint density at radius 3 is 2.43 bits per heavy atom. The lowest BCUT2D eigenvalue weighted by Crippen LogP contribution is -2.41. The number of nitrogens with one attached hydrogen (secondary N) is 1. The first-order valence-electron chi connectivity index (χ1n) is 9.62. The van der Waals surface area contributed by atoms with Crippen LogP contribution in [0.5, 0.6) is 0 Å². The van der Waals surface area contributed by atoms with E-state index in [0.717, 1.165) is 27.7 Å². The van der Waals surface area contributed by atoms with E-state index < -0.39 is 0 Å². The normalized spacial score (nSPS) is 14.8. The molecule has 0 unspecified atom stereocenters. The second kappa shape index (κ2) is 7.82. The number of piperidine rings is 1. The lowest BCUT2D eigenvalue weighted by atomic mass is 9.94. The van der Waals surface area contributed by atoms with E-state index in [-0.39, 0.29) is 17.7 Å². The van der Waals surface area contributed by atoms with Crippen molar-refractivity contribution in [2.45, 2.75) is 12.8 Å². The summed E-state index contributed by atoms with van der Waals surface area (Å²) in [5.74, 6) is -0.0201. The number of nitrogens with zero attached hydrogens (tertiary/aromatic N) is 1. The van der Waals surface area contributed by atoms with Gasteiger partial charge in [-0.15, -0.1) is 0 Å². The highest BCUT2D eigenvalue weighted by molar-refractivity contribution is 6.07. The minimum Gasteiger partial charge on any atom is -0.339 e. The van der Waals surface area contributed by atoms with Gasteiger partial charge in [0.1, 0.15) is 5.69 Å². The summed E-state index contributed by atoms with van der Waals surface area (Å²) in [6.07, 6.45) is 1.35. The zero-order valence-electron chi connectivity index (χ0n) is 15.7. The fraction of sp³-hybridized carbons (Fsp3) is 0.217. The predicted molar refractivity (Wildman–Crippen MR) is 110 cm³/mol. The SMILES string of the molecule is [NH3+]c1cccc(NC(=O)C2CCN(C(=O)c3cccc4ccccc34)CC2)c1. The van der Waals surface area contributed by atoms with Crippen molar-refractivity contribution in [2.75, 3.05) is 18.4 Å². The van der Waals surface area contributed by atoms with Crippen molar-refractivity contribution in [1.29, 1.82) is 0 Å². The molecule has 0 radical (unpaired) electrons. The van der Waals surface area contributed by atoms with Crippen molar-refractivity contribution in [3.63, 3.8) is 0 Å². The first kappa shape index (κ1) is 18.2. The van der Waals surface area contributed by atoms with E-state index in [1.807, 2.05) is 71.6 Å². The number of anilines is 1. The van der Waals surface area contributed by atoms with Crippen LogP contribution >= 0.6 is 0 Å². The Morgan fingerprint density at radius 1 is 0.929 bits per heavy atom. The Bertz CT molecular complexity index is 1020. The molecular weight excluding hydrogens is 350 g/mol. The number of amides is 2. The van der Waals surface area contributed by atoms with E-state index in [4.69, 9.17) is 0 Å². The third kappa shape index (κ3) is 3.75. The summed E-state index contributed by atoms with van der Waals surface area (Å²) in [5.41, 5.74) is 6.25. The van der Waals surface area contributed by atoms with Crippen LogP contribution in [-0.4, -0.2) is 29.8 Å². The van der Waals surface area contributed by atoms with Crippen LogP contribution in [0.1, 0.15) is 23.2 Å². The third-order valence-electron chi connectivity index (χ3n) is 5.37. The average Bonchev–Trinajstić information content (AvgIpc) is 2.73. The molecule has 0 aliphatic carbocycles. The topological polar surface area (TPSA) is 77.1 Å². The predicted octanol–water partition coefficient (Wildman–Crippen LogP) is 3.20. The minimum absolute atomic E-state index is 0.0165. The second-order valence-corrected chi connectivity index (χ2v) is 7.28. The van der Waals surface area contributed by atoms with Crippen LogP contribution in [0.4, 0.5) is 11.4 Å². The van der Waals surface area contributed by atoms with E-state index in [0.29, 0.717) is 25.9 Å². The van der Waals surface area contributed by atoms with Gasteiger partial charge in [-0.3, -0.25) is 9.59 Å². The van der Waals surface area contributed by atoms with E-state index in [2.05, 4.69) is 11.1 Å². The van der Waals surface area contributed by atoms with Crippen LogP contribution in [0, 0.1) is 5.92 Å². The zero-order chi connectivity index (χ0) is 19.5. The second-order valence-electron chi connectivity index (χ2n) is 7.28. The molecule has 0 spiro atoms. The Hall–Kier alpha value is -3.18. The summed E-state index contributed by atoms with van der Waals surface area (Å²) in [4.78, 5) is 27.5. The summed E-state index contributed by atoms with van der Waals surface area (Å²) in [6, 6.07) is 21.3. The van der Waals surface area contributed by atoms with E-state index in [1.54, 1.807) is 0 Å². The standard InChI is InChI=1S/C23H23N3O2/c24-18-7-4-8-19(15-18)25-22(27)17-11-13-26(14-12-17)23(28)21-10-3-6-16-5-1-2-9-20(16)21/h1-10,15,17H,11-14,24H2,(H,25,27)/p+1. The third-order valence-corrected chi connectivity index (χ3v) is 5.37. The number of quaternary nitrogens is 1. The van der Waals surface area contributed by atoms with Gasteiger partial charge < -0.3 is 16.0 Å². The molecule has 0 bridgehead atoms. The van der Waals surface area contributed by atoms with Crippen molar-refractivity contribution in [2.24, 2.45) is 5.92 Å². The molecule has 5 nitrogen and oxygen atoms in total. The van der Waals surface area contributed by atoms with Crippen LogP contribution in [0.15, 0.2) is 66.7 Å². The van der Waals surface area contributed by atoms with Gasteiger partial charge in [-0.25, -0.2) is 0 Å². The van der Waals surface area contributed by atoms with Crippen molar-refractivity contribution in [3.05, 3.63) is 72.3 Å². The van der Waals surface area contributed by atoms with Gasteiger partial charge in [0.2, 0.25) is 5.91 Å². The summed E-state index contributed by atoms with van der Waals surface area (Å²) < 4.78 is 0. The summed E-state index contributed by atoms with van der Waals surface area (Å²) in [7, 11) is 0. The molecule has 1 fully saturated rings. The lowest BCUT2D eigenvalue weighted by Gasteiger charge is -2.31. The van der Waals surface area contributed by atoms with Crippen molar-refractivity contribution in [1.82, 2.24) is 4.90 Å². The molecule has 28 heavy (non-hydrogen) atoms. The molecule has 142 valence electrons. The summed E-state index contributed by atoms with van der Waals surface area (Å²) in [5, 5.41) is 5.01. The Labute approximate surface area is 164 Å². The van der Waals surface area contributed by atoms with Crippen LogP contribution < -0.4 is 11.1 Å². The molecule has 3 aromatic rings. The number of hydrogen-bond acceptors (Lipinski definition) is 2. The largest absolute Gasteiger partial charge is 0.339 e. The van der Waals surface area contributed by atoms with E-state index in [1.165, 1.54) is 0 Å². The molecule has 0 saturated carbocycles. The molecule has 0 aromatic heterocycles. The van der Waals surface area contributed by atoms with Gasteiger partial charge >= 0.3 is 0 Å². The molecule has 1 heterocycles. The lowest BCUT2D eigenvalue weighted by molar-refractivity contribution is -0.254. The maximum Gasteiger partial charge on any atom is 0.254 e. The Morgan fingerprint density at radius 2 is 1.64 bits per heavy atom. The highest BCUT2D eigenvalue weighted by Crippen LogP contribution is 2.24. The Kier molecular flexibility index (Phi) is 5.08. The van der Waals surface area contributed by atoms with Gasteiger partial charge in [-0.05, 0) is 41.8 Å². The number of carbonyl (C=O) groups is 2. The first-order chi connectivity index (χ1) is 13.6. The van der Waals surface area contributed by atoms with Gasteiger partial charge in [0, 0.05) is 36.3 Å². The highest BCUT2D eigenvalue weighted by Gasteiger charge is 2.28. The average molecular weight is 374 g/mol. The quantitative estimate of drug-likeness (QED) is 0.738. The van der Waals surface area contributed by atoms with Crippen molar-refractivity contribution >= 4 is 34.0 Å². The molecule has 5 heteroatoms. The van der Waals surface area contributed by atoms with Gasteiger partial charge in [0.25, 0.3) is 5.91 Å². The van der Waals surface area contributed by atoms with Gasteiger partial charge in [0.05, 0.1) is 0 Å². The number of likely N-dealkylation sites (tertiary alicyclic amines) is 1. The summed E-state index contributed by atoms with van der Waals surface area (Å²) >= 11 is 0. The molecule has 4 rings (SSSR count). The van der Waals surface area contributed by atoms with E-state index >= 15 is 0 Å². The van der Waals surface area contributed by atoms with Gasteiger partial charge in [-0.2, -0.15) is 0 Å². The fourth-order valence-corrected chi connectivity index (χ4v) is 3.82. The molecule has 1 aliphatic heterocycles. The number of benzene rings is 3. The molecule has 4 N–H and O–H groups in total. The molecule has 2 amide bonds. The van der Waals surface area contributed by atoms with Gasteiger partial charge in [0.15, 0.2) is 0 Å².